The predicted molar refractivity (Wildman–Crippen MR) is 98.5 cm³/mol. The van der Waals surface area contributed by atoms with E-state index in [-0.39, 0.29) is 0 Å². The number of nitrogens with two attached hydrogens (primary N) is 1. The molecule has 2 heterocycles. The van der Waals surface area contributed by atoms with Crippen LogP contribution in [-0.4, -0.2) is 14.5 Å². The van der Waals surface area contributed by atoms with Crippen LogP contribution in [0.5, 0.6) is 0 Å². The van der Waals surface area contributed by atoms with Crippen LogP contribution in [0.3, 0.4) is 0 Å². The first kappa shape index (κ1) is 14.9. The molecule has 0 radical (unpaired) electrons. The van der Waals surface area contributed by atoms with Gasteiger partial charge in [0.2, 0.25) is 0 Å². The Morgan fingerprint density at radius 3 is 2.36 bits per heavy atom. The van der Waals surface area contributed by atoms with Crippen molar-refractivity contribution in [2.45, 2.75) is 0 Å². The van der Waals surface area contributed by atoms with Crippen molar-refractivity contribution in [2.75, 3.05) is 5.73 Å². The number of nitriles is 1. The lowest BCUT2D eigenvalue weighted by Crippen LogP contribution is -1.95. The minimum Gasteiger partial charge on any atom is -0.383 e. The first-order valence-corrected chi connectivity index (χ1v) is 7.85. The van der Waals surface area contributed by atoms with Crippen molar-refractivity contribution >= 4 is 16.9 Å². The fourth-order valence-corrected chi connectivity index (χ4v) is 3.20. The molecule has 4 aromatic rings. The number of hydrogen-bond acceptors (Lipinski definition) is 4. The van der Waals surface area contributed by atoms with Crippen LogP contribution < -0.4 is 5.73 Å². The minimum atomic E-state index is 0.458. The number of anilines is 1. The van der Waals surface area contributed by atoms with Gasteiger partial charge in [-0.25, -0.2) is 9.97 Å². The third-order valence-electron chi connectivity index (χ3n) is 4.35. The maximum Gasteiger partial charge on any atom is 0.146 e. The smallest absolute Gasteiger partial charge is 0.146 e. The molecular weight excluding hydrogens is 310 g/mol. The van der Waals surface area contributed by atoms with E-state index in [4.69, 9.17) is 11.0 Å². The number of aryl methyl sites for hydroxylation is 1. The highest BCUT2D eigenvalue weighted by Crippen LogP contribution is 2.41. The Morgan fingerprint density at radius 2 is 1.68 bits per heavy atom. The molecule has 0 atom stereocenters. The Balaban J connectivity index is 2.11. The zero-order valence-electron chi connectivity index (χ0n) is 13.6. The molecule has 120 valence electrons. The molecule has 0 bridgehead atoms. The van der Waals surface area contributed by atoms with Gasteiger partial charge in [-0.05, 0) is 23.3 Å². The molecule has 5 heteroatoms. The lowest BCUT2D eigenvalue weighted by molar-refractivity contribution is 0.953. The number of nitrogen functional groups attached to an aromatic ring is 1. The van der Waals surface area contributed by atoms with E-state index >= 15 is 0 Å². The molecular formula is C20H15N5. The van der Waals surface area contributed by atoms with Crippen LogP contribution in [-0.2, 0) is 7.05 Å². The van der Waals surface area contributed by atoms with Crippen molar-refractivity contribution in [2.24, 2.45) is 7.05 Å². The number of rotatable bonds is 2. The molecule has 0 amide bonds. The first-order chi connectivity index (χ1) is 12.2. The molecule has 0 aliphatic heterocycles. The van der Waals surface area contributed by atoms with Gasteiger partial charge < -0.3 is 10.3 Å². The van der Waals surface area contributed by atoms with Crippen molar-refractivity contribution in [1.29, 1.82) is 5.26 Å². The second kappa shape index (κ2) is 5.77. The molecule has 0 aliphatic carbocycles. The summed E-state index contributed by atoms with van der Waals surface area (Å²) >= 11 is 0. The van der Waals surface area contributed by atoms with Gasteiger partial charge in [0.05, 0.1) is 22.7 Å². The Kier molecular flexibility index (Phi) is 3.44. The summed E-state index contributed by atoms with van der Waals surface area (Å²) in [5, 5.41) is 9.89. The molecule has 0 fully saturated rings. The number of fused-ring (bicyclic) bond motifs is 1. The standard InChI is InChI=1S/C20H15N5/c1-25-18(15-9-7-13(11-21)8-10-15)16(14-5-3-2-4-6-14)17-19(22)23-12-24-20(17)25/h2-10,12H,1H3,(H2,22,23,24). The highest BCUT2D eigenvalue weighted by atomic mass is 15.1. The Bertz CT molecular complexity index is 1100. The van der Waals surface area contributed by atoms with Crippen molar-refractivity contribution in [1.82, 2.24) is 14.5 Å². The first-order valence-electron chi connectivity index (χ1n) is 7.85. The maximum absolute atomic E-state index is 9.05. The molecule has 0 saturated carbocycles. The summed E-state index contributed by atoms with van der Waals surface area (Å²) < 4.78 is 2.02. The van der Waals surface area contributed by atoms with Crippen molar-refractivity contribution in [3.05, 3.63) is 66.5 Å². The average molecular weight is 325 g/mol. The largest absolute Gasteiger partial charge is 0.383 e. The van der Waals surface area contributed by atoms with Crippen LogP contribution in [0.1, 0.15) is 5.56 Å². The van der Waals surface area contributed by atoms with Gasteiger partial charge in [0, 0.05) is 12.6 Å². The highest BCUT2D eigenvalue weighted by molar-refractivity contribution is 6.07. The highest BCUT2D eigenvalue weighted by Gasteiger charge is 2.21. The van der Waals surface area contributed by atoms with Crippen LogP contribution in [0.15, 0.2) is 60.9 Å². The molecule has 2 aromatic carbocycles. The van der Waals surface area contributed by atoms with Crippen LogP contribution in [0.25, 0.3) is 33.4 Å². The summed E-state index contributed by atoms with van der Waals surface area (Å²) in [6.45, 7) is 0. The lowest BCUT2D eigenvalue weighted by Gasteiger charge is -2.09. The van der Waals surface area contributed by atoms with Gasteiger partial charge in [0.1, 0.15) is 17.8 Å². The number of benzene rings is 2. The van der Waals surface area contributed by atoms with E-state index in [1.54, 1.807) is 0 Å². The second-order valence-electron chi connectivity index (χ2n) is 5.80. The summed E-state index contributed by atoms with van der Waals surface area (Å²) in [6.07, 6.45) is 1.48. The second-order valence-corrected chi connectivity index (χ2v) is 5.80. The van der Waals surface area contributed by atoms with Crippen LogP contribution in [0.4, 0.5) is 5.82 Å². The molecule has 4 rings (SSSR count). The maximum atomic E-state index is 9.05. The van der Waals surface area contributed by atoms with Gasteiger partial charge >= 0.3 is 0 Å². The third kappa shape index (κ3) is 2.32. The monoisotopic (exact) mass is 325 g/mol. The van der Waals surface area contributed by atoms with E-state index < -0.39 is 0 Å². The van der Waals surface area contributed by atoms with Gasteiger partial charge in [-0.1, -0.05) is 42.5 Å². The van der Waals surface area contributed by atoms with Gasteiger partial charge in [-0.3, -0.25) is 0 Å². The van der Waals surface area contributed by atoms with E-state index in [0.29, 0.717) is 11.4 Å². The van der Waals surface area contributed by atoms with Crippen molar-refractivity contribution < 1.29 is 0 Å². The summed E-state index contributed by atoms with van der Waals surface area (Å²) in [5.74, 6) is 0.458. The zero-order chi connectivity index (χ0) is 17.4. The minimum absolute atomic E-state index is 0.458. The Morgan fingerprint density at radius 1 is 0.960 bits per heavy atom. The van der Waals surface area contributed by atoms with Crippen LogP contribution >= 0.6 is 0 Å². The quantitative estimate of drug-likeness (QED) is 0.608. The van der Waals surface area contributed by atoms with Crippen molar-refractivity contribution in [3.63, 3.8) is 0 Å². The van der Waals surface area contributed by atoms with E-state index in [0.717, 1.165) is 33.4 Å². The van der Waals surface area contributed by atoms with Gasteiger partial charge in [-0.2, -0.15) is 5.26 Å². The Hall–Kier alpha value is -3.65. The molecule has 0 unspecified atom stereocenters. The van der Waals surface area contributed by atoms with Crippen molar-refractivity contribution in [3.8, 4) is 28.5 Å². The predicted octanol–water partition coefficient (Wildman–Crippen LogP) is 3.76. The molecule has 2 aromatic heterocycles. The van der Waals surface area contributed by atoms with E-state index in [2.05, 4.69) is 16.0 Å². The summed E-state index contributed by atoms with van der Waals surface area (Å²) in [4.78, 5) is 8.61. The zero-order valence-corrected chi connectivity index (χ0v) is 13.6. The Labute approximate surface area is 145 Å². The average Bonchev–Trinajstić information content (AvgIpc) is 2.97. The van der Waals surface area contributed by atoms with Crippen LogP contribution in [0, 0.1) is 11.3 Å². The van der Waals surface area contributed by atoms with E-state index in [1.165, 1.54) is 6.33 Å². The normalized spacial score (nSPS) is 10.7. The molecule has 5 nitrogen and oxygen atoms in total. The summed E-state index contributed by atoms with van der Waals surface area (Å²) in [6, 6.07) is 19.8. The number of aromatic nitrogens is 3. The molecule has 0 spiro atoms. The SMILES string of the molecule is Cn1c(-c2ccc(C#N)cc2)c(-c2ccccc2)c2c(N)ncnc21. The summed E-state index contributed by atoms with van der Waals surface area (Å²) in [5.41, 5.74) is 11.7. The third-order valence-corrected chi connectivity index (χ3v) is 4.35. The topological polar surface area (TPSA) is 80.5 Å². The lowest BCUT2D eigenvalue weighted by atomic mass is 9.98. The van der Waals surface area contributed by atoms with E-state index in [1.807, 2.05) is 66.2 Å². The number of nitrogens with zero attached hydrogens (tertiary/aromatic N) is 4. The molecule has 25 heavy (non-hydrogen) atoms. The fraction of sp³-hybridized carbons (Fsp3) is 0.0500. The van der Waals surface area contributed by atoms with Crippen LogP contribution in [0.2, 0.25) is 0 Å². The molecule has 2 N–H and O–H groups in total. The van der Waals surface area contributed by atoms with Gasteiger partial charge in [-0.15, -0.1) is 0 Å². The summed E-state index contributed by atoms with van der Waals surface area (Å²) in [7, 11) is 1.97. The van der Waals surface area contributed by atoms with Gasteiger partial charge in [0.25, 0.3) is 0 Å². The molecule has 0 aliphatic rings. The van der Waals surface area contributed by atoms with E-state index in [9.17, 15) is 0 Å². The molecule has 0 saturated heterocycles. The fourth-order valence-electron chi connectivity index (χ4n) is 3.20. The van der Waals surface area contributed by atoms with Gasteiger partial charge in [0.15, 0.2) is 0 Å². The number of hydrogen-bond donors (Lipinski definition) is 1.